The molecule has 1 aliphatic rings. The number of hydrogen-bond acceptors (Lipinski definition) is 4. The lowest BCUT2D eigenvalue weighted by Gasteiger charge is -2.28. The minimum atomic E-state index is -0.402. The van der Waals surface area contributed by atoms with Crippen LogP contribution in [-0.2, 0) is 0 Å². The molecule has 192 valence electrons. The first-order valence-corrected chi connectivity index (χ1v) is 13.7. The molecule has 0 aromatic heterocycles. The molecule has 4 aromatic rings. The molecule has 0 atom stereocenters. The summed E-state index contributed by atoms with van der Waals surface area (Å²) in [5.41, 5.74) is 3.58. The van der Waals surface area contributed by atoms with Crippen molar-refractivity contribution in [1.29, 1.82) is 0 Å². The molecule has 1 saturated heterocycles. The van der Waals surface area contributed by atoms with E-state index in [0.717, 1.165) is 22.6 Å². The molecule has 7 heteroatoms. The van der Waals surface area contributed by atoms with Gasteiger partial charge in [0.2, 0.25) is 0 Å². The van der Waals surface area contributed by atoms with E-state index in [2.05, 4.69) is 10.6 Å². The van der Waals surface area contributed by atoms with Crippen LogP contribution in [0.25, 0.3) is 0 Å². The van der Waals surface area contributed by atoms with Gasteiger partial charge in [0.15, 0.2) is 0 Å². The number of nitrogens with zero attached hydrogens (tertiary/aromatic N) is 1. The molecule has 3 amide bonds. The molecule has 1 heterocycles. The van der Waals surface area contributed by atoms with Crippen molar-refractivity contribution in [2.24, 2.45) is 0 Å². The first-order valence-electron chi connectivity index (χ1n) is 12.6. The zero-order valence-corrected chi connectivity index (χ0v) is 21.7. The molecule has 1 aliphatic heterocycles. The van der Waals surface area contributed by atoms with Gasteiger partial charge >= 0.3 is 6.03 Å². The van der Waals surface area contributed by atoms with Crippen molar-refractivity contribution in [2.75, 3.05) is 35.2 Å². The Kier molecular flexibility index (Phi) is 8.26. The second kappa shape index (κ2) is 12.3. The van der Waals surface area contributed by atoms with Crippen molar-refractivity contribution >= 4 is 35.1 Å². The Hall–Kier alpha value is -4.23. The number of benzene rings is 4. The Morgan fingerprint density at radius 3 is 1.87 bits per heavy atom. The van der Waals surface area contributed by atoms with E-state index in [0.29, 0.717) is 35.8 Å². The predicted octanol–water partition coefficient (Wildman–Crippen LogP) is 6.69. The molecule has 38 heavy (non-hydrogen) atoms. The van der Waals surface area contributed by atoms with Gasteiger partial charge in [-0.1, -0.05) is 78.9 Å². The lowest BCUT2D eigenvalue weighted by Crippen LogP contribution is -2.38. The zero-order valence-electron chi connectivity index (χ0n) is 20.9. The third-order valence-corrected chi connectivity index (χ3v) is 7.19. The van der Waals surface area contributed by atoms with Crippen molar-refractivity contribution < 1.29 is 14.3 Å². The number of carbonyl (C=O) groups is 2. The molecule has 0 aliphatic carbocycles. The van der Waals surface area contributed by atoms with E-state index >= 15 is 0 Å². The Bertz CT molecular complexity index is 1320. The van der Waals surface area contributed by atoms with Crippen LogP contribution in [0.2, 0.25) is 0 Å². The fourth-order valence-electron chi connectivity index (χ4n) is 4.34. The number of nitrogens with one attached hydrogen (secondary N) is 2. The average molecular weight is 524 g/mol. The van der Waals surface area contributed by atoms with Gasteiger partial charge in [-0.3, -0.25) is 4.79 Å². The molecule has 6 nitrogen and oxygen atoms in total. The van der Waals surface area contributed by atoms with Crippen LogP contribution in [-0.4, -0.2) is 41.4 Å². The van der Waals surface area contributed by atoms with Gasteiger partial charge in [0, 0.05) is 36.0 Å². The molecular weight excluding hydrogens is 494 g/mol. The minimum Gasteiger partial charge on any atom is -0.480 e. The molecule has 5 rings (SSSR count). The first kappa shape index (κ1) is 25.4. The van der Waals surface area contributed by atoms with Crippen LogP contribution in [0.15, 0.2) is 109 Å². The van der Waals surface area contributed by atoms with Gasteiger partial charge in [-0.2, -0.15) is 11.8 Å². The van der Waals surface area contributed by atoms with Crippen LogP contribution < -0.4 is 15.4 Å². The summed E-state index contributed by atoms with van der Waals surface area (Å²) in [7, 11) is 0. The Balaban J connectivity index is 1.46. The minimum absolute atomic E-state index is 0.104. The number of amides is 3. The first-order chi connectivity index (χ1) is 18.7. The number of ether oxygens (including phenoxy) is 1. The summed E-state index contributed by atoms with van der Waals surface area (Å²) >= 11 is 1.84. The van der Waals surface area contributed by atoms with Gasteiger partial charge in [-0.25, -0.2) is 4.79 Å². The van der Waals surface area contributed by atoms with Crippen molar-refractivity contribution in [1.82, 2.24) is 4.90 Å². The standard InChI is InChI=1S/C31H29N3O3S/c35-30(34-18-20-38-21-19-34)27-22-26(33-31(36)32-25-14-8-3-9-15-25)16-17-28(27)37-29(23-10-4-1-5-11-23)24-12-6-2-7-13-24/h1-17,22,29H,18-21H2,(H2,32,33,36). The highest BCUT2D eigenvalue weighted by atomic mass is 32.2. The predicted molar refractivity (Wildman–Crippen MR) is 154 cm³/mol. The molecule has 0 radical (unpaired) electrons. The summed E-state index contributed by atoms with van der Waals surface area (Å²) in [5, 5.41) is 5.66. The summed E-state index contributed by atoms with van der Waals surface area (Å²) in [5.74, 6) is 2.17. The number of rotatable bonds is 7. The third kappa shape index (κ3) is 6.36. The van der Waals surface area contributed by atoms with Crippen LogP contribution in [0, 0.1) is 0 Å². The highest BCUT2D eigenvalue weighted by Gasteiger charge is 2.25. The third-order valence-electron chi connectivity index (χ3n) is 6.25. The Morgan fingerprint density at radius 2 is 1.26 bits per heavy atom. The van der Waals surface area contributed by atoms with E-state index < -0.39 is 6.10 Å². The van der Waals surface area contributed by atoms with E-state index in [4.69, 9.17) is 4.74 Å². The number of urea groups is 1. The molecule has 0 unspecified atom stereocenters. The van der Waals surface area contributed by atoms with Crippen molar-refractivity contribution in [2.45, 2.75) is 6.10 Å². The van der Waals surface area contributed by atoms with Crippen LogP contribution in [0.5, 0.6) is 5.75 Å². The topological polar surface area (TPSA) is 70.7 Å². The molecule has 2 N–H and O–H groups in total. The van der Waals surface area contributed by atoms with Gasteiger partial charge in [-0.05, 0) is 41.5 Å². The monoisotopic (exact) mass is 523 g/mol. The summed E-state index contributed by atoms with van der Waals surface area (Å²) in [6.45, 7) is 1.35. The maximum Gasteiger partial charge on any atom is 0.323 e. The van der Waals surface area contributed by atoms with Crippen LogP contribution in [0.3, 0.4) is 0 Å². The lowest BCUT2D eigenvalue weighted by molar-refractivity contribution is 0.0766. The second-order valence-electron chi connectivity index (χ2n) is 8.88. The normalized spacial score (nSPS) is 13.1. The van der Waals surface area contributed by atoms with Gasteiger partial charge in [0.1, 0.15) is 11.9 Å². The molecule has 0 spiro atoms. The van der Waals surface area contributed by atoms with Gasteiger partial charge in [-0.15, -0.1) is 0 Å². The number of carbonyl (C=O) groups excluding carboxylic acids is 2. The second-order valence-corrected chi connectivity index (χ2v) is 10.1. The smallest absolute Gasteiger partial charge is 0.323 e. The number of anilines is 2. The summed E-state index contributed by atoms with van der Waals surface area (Å²) < 4.78 is 6.60. The summed E-state index contributed by atoms with van der Waals surface area (Å²) in [6, 6.07) is 34.0. The number of para-hydroxylation sites is 1. The molecular formula is C31H29N3O3S. The zero-order chi connectivity index (χ0) is 26.2. The SMILES string of the molecule is O=C(Nc1ccccc1)Nc1ccc(OC(c2ccccc2)c2ccccc2)c(C(=O)N2CCSCC2)c1. The average Bonchev–Trinajstić information content (AvgIpc) is 2.98. The molecule has 1 fully saturated rings. The fraction of sp³-hybridized carbons (Fsp3) is 0.161. The van der Waals surface area contributed by atoms with Crippen LogP contribution >= 0.6 is 11.8 Å². The maximum absolute atomic E-state index is 13.7. The molecule has 0 saturated carbocycles. The Labute approximate surface area is 227 Å². The quantitative estimate of drug-likeness (QED) is 0.283. The summed E-state index contributed by atoms with van der Waals surface area (Å²) in [6.07, 6.45) is -0.402. The van der Waals surface area contributed by atoms with Crippen LogP contribution in [0.1, 0.15) is 27.6 Å². The van der Waals surface area contributed by atoms with E-state index in [1.165, 1.54) is 0 Å². The van der Waals surface area contributed by atoms with Gasteiger partial charge < -0.3 is 20.3 Å². The van der Waals surface area contributed by atoms with Gasteiger partial charge in [0.05, 0.1) is 5.56 Å². The number of hydrogen-bond donors (Lipinski definition) is 2. The van der Waals surface area contributed by atoms with Crippen molar-refractivity contribution in [3.63, 3.8) is 0 Å². The molecule has 4 aromatic carbocycles. The Morgan fingerprint density at radius 1 is 0.711 bits per heavy atom. The maximum atomic E-state index is 13.7. The lowest BCUT2D eigenvalue weighted by atomic mass is 10.0. The van der Waals surface area contributed by atoms with E-state index in [1.807, 2.05) is 108 Å². The largest absolute Gasteiger partial charge is 0.480 e. The van der Waals surface area contributed by atoms with E-state index in [1.54, 1.807) is 18.2 Å². The highest BCUT2D eigenvalue weighted by Crippen LogP contribution is 2.33. The van der Waals surface area contributed by atoms with Gasteiger partial charge in [0.25, 0.3) is 5.91 Å². The fourth-order valence-corrected chi connectivity index (χ4v) is 5.24. The van der Waals surface area contributed by atoms with E-state index in [9.17, 15) is 9.59 Å². The summed E-state index contributed by atoms with van der Waals surface area (Å²) in [4.78, 5) is 28.2. The van der Waals surface area contributed by atoms with Crippen LogP contribution in [0.4, 0.5) is 16.2 Å². The number of thioether (sulfide) groups is 1. The highest BCUT2D eigenvalue weighted by molar-refractivity contribution is 7.99. The van der Waals surface area contributed by atoms with Crippen molar-refractivity contribution in [3.05, 3.63) is 126 Å². The van der Waals surface area contributed by atoms with E-state index in [-0.39, 0.29) is 11.9 Å². The van der Waals surface area contributed by atoms with Crippen molar-refractivity contribution in [3.8, 4) is 5.75 Å². The molecule has 0 bridgehead atoms.